The van der Waals surface area contributed by atoms with Crippen LogP contribution >= 0.6 is 0 Å². The molecule has 0 aliphatic rings. The van der Waals surface area contributed by atoms with E-state index in [0.29, 0.717) is 0 Å². The van der Waals surface area contributed by atoms with Crippen LogP contribution in [0.4, 0.5) is 0 Å². The van der Waals surface area contributed by atoms with Crippen LogP contribution in [0.5, 0.6) is 0 Å². The molecule has 0 saturated heterocycles. The van der Waals surface area contributed by atoms with Gasteiger partial charge in [0.1, 0.15) is 19.8 Å². The molecule has 0 atom stereocenters. The maximum Gasteiger partial charge on any atom is 0.331 e. The van der Waals surface area contributed by atoms with Crippen LogP contribution in [0.2, 0.25) is 0 Å². The molecule has 0 aromatic rings. The van der Waals surface area contributed by atoms with E-state index in [9.17, 15) is 4.79 Å². The van der Waals surface area contributed by atoms with Gasteiger partial charge in [0.25, 0.3) is 0 Å². The highest BCUT2D eigenvalue weighted by molar-refractivity contribution is 5.70. The molecule has 0 radical (unpaired) electrons. The summed E-state index contributed by atoms with van der Waals surface area (Å²) in [5.74, 6) is -1.90. The molecule has 0 saturated carbocycles. The van der Waals surface area contributed by atoms with Crippen molar-refractivity contribution in [1.82, 2.24) is 0 Å². The number of aliphatic hydroxyl groups is 3. The Morgan fingerprint density at radius 3 is 1.77 bits per heavy atom. The normalized spacial score (nSPS) is 8.23. The van der Waals surface area contributed by atoms with Crippen molar-refractivity contribution in [2.75, 3.05) is 26.4 Å². The number of carboxylic acid groups (broad SMARTS) is 1. The fourth-order valence-corrected chi connectivity index (χ4v) is 0.205. The molecule has 0 aromatic carbocycles. The summed E-state index contributed by atoms with van der Waals surface area (Å²) in [5.41, 5.74) is 0. The molecule has 13 heavy (non-hydrogen) atoms. The lowest BCUT2D eigenvalue weighted by Gasteiger charge is -1.96. The molecule has 0 aliphatic heterocycles. The van der Waals surface area contributed by atoms with Crippen LogP contribution in [0, 0.1) is 0 Å². The summed E-state index contributed by atoms with van der Waals surface area (Å²) >= 11 is 0. The van der Waals surface area contributed by atoms with Crippen LogP contribution < -0.4 is 0 Å². The third kappa shape index (κ3) is 18.1. The van der Waals surface area contributed by atoms with Crippen LogP contribution in [0.3, 0.4) is 0 Å². The quantitative estimate of drug-likeness (QED) is 0.369. The van der Waals surface area contributed by atoms with Crippen LogP contribution in [0.15, 0.2) is 0 Å². The average molecular weight is 196 g/mol. The largest absolute Gasteiger partial charge is 0.480 e. The zero-order valence-corrected chi connectivity index (χ0v) is 6.84. The van der Waals surface area contributed by atoms with Crippen molar-refractivity contribution >= 4 is 11.9 Å². The van der Waals surface area contributed by atoms with Gasteiger partial charge in [0.05, 0.1) is 6.61 Å². The van der Waals surface area contributed by atoms with E-state index < -0.39 is 25.2 Å². The maximum atomic E-state index is 9.99. The van der Waals surface area contributed by atoms with Crippen molar-refractivity contribution in [3.05, 3.63) is 0 Å². The van der Waals surface area contributed by atoms with Crippen LogP contribution in [-0.4, -0.2) is 58.8 Å². The Balaban J connectivity index is 0. The Hall–Kier alpha value is -1.18. The minimum absolute atomic E-state index is 0.0423. The standard InChI is InChI=1S/C4H8O4.C2H4O3/c5-1-2-8-4(7)3-6;3-1-2(4)5/h5-6H,1-3H2;3H,1H2,(H,4,5). The molecular formula is C6H12O7. The molecule has 7 heteroatoms. The van der Waals surface area contributed by atoms with Crippen LogP contribution in [-0.2, 0) is 14.3 Å². The van der Waals surface area contributed by atoms with E-state index in [1.807, 2.05) is 0 Å². The molecule has 0 bridgehead atoms. The highest BCUT2D eigenvalue weighted by atomic mass is 16.5. The van der Waals surface area contributed by atoms with Gasteiger partial charge in [-0.3, -0.25) is 0 Å². The molecule has 0 heterocycles. The van der Waals surface area contributed by atoms with E-state index >= 15 is 0 Å². The summed E-state index contributed by atoms with van der Waals surface area (Å²) in [5, 5.41) is 31.1. The van der Waals surface area contributed by atoms with E-state index in [4.69, 9.17) is 25.2 Å². The predicted octanol–water partition coefficient (Wildman–Crippen LogP) is -2.42. The molecule has 0 aliphatic carbocycles. The van der Waals surface area contributed by atoms with Crippen molar-refractivity contribution in [2.45, 2.75) is 0 Å². The molecular weight excluding hydrogens is 184 g/mol. The summed E-state index contributed by atoms with van der Waals surface area (Å²) in [6, 6.07) is 0. The number of esters is 1. The Labute approximate surface area is 74.2 Å². The summed E-state index contributed by atoms with van der Waals surface area (Å²) in [6.07, 6.45) is 0. The molecule has 0 unspecified atom stereocenters. The van der Waals surface area contributed by atoms with Crippen LogP contribution in [0.1, 0.15) is 0 Å². The predicted molar refractivity (Wildman–Crippen MR) is 39.9 cm³/mol. The summed E-state index contributed by atoms with van der Waals surface area (Å²) in [4.78, 5) is 19.1. The summed E-state index contributed by atoms with van der Waals surface area (Å²) < 4.78 is 4.20. The zero-order chi connectivity index (χ0) is 10.7. The Morgan fingerprint density at radius 1 is 1.08 bits per heavy atom. The first-order chi connectivity index (χ1) is 6.08. The Bertz CT molecular complexity index is 144. The second-order valence-electron chi connectivity index (χ2n) is 1.65. The fraction of sp³-hybridized carbons (Fsp3) is 0.667. The van der Waals surface area contributed by atoms with Crippen molar-refractivity contribution in [2.24, 2.45) is 0 Å². The van der Waals surface area contributed by atoms with Crippen molar-refractivity contribution < 1.29 is 34.8 Å². The molecule has 0 aromatic heterocycles. The monoisotopic (exact) mass is 196 g/mol. The number of hydrogen-bond acceptors (Lipinski definition) is 6. The second kappa shape index (κ2) is 10.8. The molecule has 78 valence electrons. The smallest absolute Gasteiger partial charge is 0.331 e. The first kappa shape index (κ1) is 14.3. The number of aliphatic carboxylic acids is 1. The zero-order valence-electron chi connectivity index (χ0n) is 6.84. The van der Waals surface area contributed by atoms with Crippen LogP contribution in [0.25, 0.3) is 0 Å². The number of aliphatic hydroxyl groups excluding tert-OH is 3. The first-order valence-corrected chi connectivity index (χ1v) is 3.28. The fourth-order valence-electron chi connectivity index (χ4n) is 0.205. The SMILES string of the molecule is O=C(CO)OCCO.O=C(O)CO. The lowest BCUT2D eigenvalue weighted by atomic mass is 10.7. The van der Waals surface area contributed by atoms with Crippen molar-refractivity contribution in [3.63, 3.8) is 0 Å². The van der Waals surface area contributed by atoms with Gasteiger partial charge in [-0.1, -0.05) is 0 Å². The summed E-state index contributed by atoms with van der Waals surface area (Å²) in [6.45, 7) is -1.65. The number of carbonyl (C=O) groups is 2. The van der Waals surface area contributed by atoms with Gasteiger partial charge < -0.3 is 25.2 Å². The van der Waals surface area contributed by atoms with Gasteiger partial charge in [-0.25, -0.2) is 9.59 Å². The third-order valence-electron chi connectivity index (χ3n) is 0.619. The Morgan fingerprint density at radius 2 is 1.54 bits per heavy atom. The van der Waals surface area contributed by atoms with Gasteiger partial charge in [0.15, 0.2) is 0 Å². The average Bonchev–Trinajstić information content (AvgIpc) is 2.15. The van der Waals surface area contributed by atoms with Gasteiger partial charge in [-0.15, -0.1) is 0 Å². The lowest BCUT2D eigenvalue weighted by Crippen LogP contribution is -2.11. The molecule has 0 spiro atoms. The van der Waals surface area contributed by atoms with Gasteiger partial charge in [-0.2, -0.15) is 0 Å². The van der Waals surface area contributed by atoms with Crippen molar-refractivity contribution in [3.8, 4) is 0 Å². The van der Waals surface area contributed by atoms with E-state index in [1.54, 1.807) is 0 Å². The first-order valence-electron chi connectivity index (χ1n) is 3.28. The van der Waals surface area contributed by atoms with Gasteiger partial charge in [0.2, 0.25) is 0 Å². The minimum atomic E-state index is -1.19. The lowest BCUT2D eigenvalue weighted by molar-refractivity contribution is -0.147. The molecule has 0 rings (SSSR count). The second-order valence-corrected chi connectivity index (χ2v) is 1.65. The number of carboxylic acids is 1. The number of hydrogen-bond donors (Lipinski definition) is 4. The highest BCUT2D eigenvalue weighted by Crippen LogP contribution is 1.72. The molecule has 4 N–H and O–H groups in total. The van der Waals surface area contributed by atoms with Gasteiger partial charge in [-0.05, 0) is 0 Å². The molecule has 7 nitrogen and oxygen atoms in total. The van der Waals surface area contributed by atoms with Gasteiger partial charge >= 0.3 is 11.9 Å². The van der Waals surface area contributed by atoms with E-state index in [-0.39, 0.29) is 13.2 Å². The maximum absolute atomic E-state index is 9.99. The third-order valence-corrected chi connectivity index (χ3v) is 0.619. The Kier molecular flexibility index (Phi) is 11.9. The van der Waals surface area contributed by atoms with E-state index in [1.165, 1.54) is 0 Å². The summed E-state index contributed by atoms with van der Waals surface area (Å²) in [7, 11) is 0. The molecule has 0 amide bonds. The molecule has 0 fully saturated rings. The number of ether oxygens (including phenoxy) is 1. The number of rotatable bonds is 4. The van der Waals surface area contributed by atoms with E-state index in [2.05, 4.69) is 4.74 Å². The van der Waals surface area contributed by atoms with E-state index in [0.717, 1.165) is 0 Å². The highest BCUT2D eigenvalue weighted by Gasteiger charge is 1.95. The van der Waals surface area contributed by atoms with Gasteiger partial charge in [0, 0.05) is 0 Å². The number of carbonyl (C=O) groups excluding carboxylic acids is 1. The minimum Gasteiger partial charge on any atom is -0.480 e. The van der Waals surface area contributed by atoms with Crippen molar-refractivity contribution in [1.29, 1.82) is 0 Å². The topological polar surface area (TPSA) is 124 Å².